The van der Waals surface area contributed by atoms with Gasteiger partial charge >= 0.3 is 6.18 Å². The summed E-state index contributed by atoms with van der Waals surface area (Å²) in [5.74, 6) is 0.724. The number of nitrogens with one attached hydrogen (secondary N) is 1. The Labute approximate surface area is 220 Å². The van der Waals surface area contributed by atoms with Crippen molar-refractivity contribution in [2.24, 2.45) is 7.05 Å². The van der Waals surface area contributed by atoms with Crippen molar-refractivity contribution in [3.8, 4) is 11.6 Å². The Balaban J connectivity index is 1.36. The van der Waals surface area contributed by atoms with Crippen LogP contribution in [0.1, 0.15) is 15.9 Å². The Morgan fingerprint density at radius 2 is 2.05 bits per heavy atom. The van der Waals surface area contributed by atoms with Crippen LogP contribution < -0.4 is 10.1 Å². The van der Waals surface area contributed by atoms with Gasteiger partial charge in [0.05, 0.1) is 30.7 Å². The number of anilines is 2. The molecular formula is C25H21F3N8O3. The zero-order valence-electron chi connectivity index (χ0n) is 20.7. The van der Waals surface area contributed by atoms with Crippen LogP contribution in [0, 0.1) is 13.5 Å². The maximum absolute atomic E-state index is 13.0. The number of amides is 1. The fourth-order valence-corrected chi connectivity index (χ4v) is 3.98. The number of carbonyl (C=O) groups excluding carboxylic acids is 1. The van der Waals surface area contributed by atoms with Gasteiger partial charge in [0.15, 0.2) is 23.7 Å². The number of aryl methyl sites for hydroxylation is 2. The molecule has 0 bridgehead atoms. The lowest BCUT2D eigenvalue weighted by atomic mass is 10.2. The molecule has 1 N–H and O–H groups in total. The van der Waals surface area contributed by atoms with E-state index in [1.807, 2.05) is 0 Å². The second-order valence-corrected chi connectivity index (χ2v) is 8.77. The Bertz CT molecular complexity index is 1580. The minimum Gasteiger partial charge on any atom is -0.435 e. The van der Waals surface area contributed by atoms with Crippen molar-refractivity contribution in [2.75, 3.05) is 25.0 Å². The molecule has 4 aromatic rings. The first-order valence-electron chi connectivity index (χ1n) is 11.7. The molecule has 1 amide bonds. The van der Waals surface area contributed by atoms with E-state index in [2.05, 4.69) is 30.1 Å². The quantitative estimate of drug-likeness (QED) is 0.368. The Morgan fingerprint density at radius 1 is 1.23 bits per heavy atom. The highest BCUT2D eigenvalue weighted by Gasteiger charge is 2.44. The Hall–Kier alpha value is -4.77. The van der Waals surface area contributed by atoms with Crippen LogP contribution in [-0.2, 0) is 11.8 Å². The number of ether oxygens (including phenoxy) is 2. The van der Waals surface area contributed by atoms with Crippen LogP contribution in [-0.4, -0.2) is 67.3 Å². The molecule has 1 unspecified atom stereocenters. The highest BCUT2D eigenvalue weighted by atomic mass is 19.4. The zero-order chi connectivity index (χ0) is 27.7. The monoisotopic (exact) mass is 538 g/mol. The van der Waals surface area contributed by atoms with E-state index in [9.17, 15) is 18.0 Å². The smallest absolute Gasteiger partial charge is 0.416 e. The number of pyridine rings is 3. The van der Waals surface area contributed by atoms with E-state index in [-0.39, 0.29) is 30.4 Å². The van der Waals surface area contributed by atoms with Crippen molar-refractivity contribution in [2.45, 2.75) is 19.2 Å². The summed E-state index contributed by atoms with van der Waals surface area (Å²) in [4.78, 5) is 34.4. The van der Waals surface area contributed by atoms with E-state index in [0.717, 1.165) is 4.90 Å². The standard InChI is InChI=1S/C25H21F3N8O3/c1-14-8-20(29-2)31-11-17(14)39-21-9-16(22-23(34-21)35(3)13-32-22)33-19-5-4-15(10-30-19)24(37)36-6-7-38-18(12-36)25(26,27)28/h4-5,8-11,13,18H,6-7,12H2,1,3H3,(H,30,33,34). The number of carbonyl (C=O) groups is 1. The number of rotatable bonds is 5. The second-order valence-electron chi connectivity index (χ2n) is 8.77. The van der Waals surface area contributed by atoms with Gasteiger partial charge in [0.25, 0.3) is 11.7 Å². The number of nitrogens with zero attached hydrogens (tertiary/aromatic N) is 7. The molecule has 1 aliphatic heterocycles. The van der Waals surface area contributed by atoms with E-state index in [1.54, 1.807) is 43.1 Å². The van der Waals surface area contributed by atoms with Gasteiger partial charge < -0.3 is 29.1 Å². The third-order valence-corrected chi connectivity index (χ3v) is 6.01. The van der Waals surface area contributed by atoms with Gasteiger partial charge in [0.1, 0.15) is 11.3 Å². The molecule has 39 heavy (non-hydrogen) atoms. The van der Waals surface area contributed by atoms with Crippen molar-refractivity contribution in [1.82, 2.24) is 29.4 Å². The lowest BCUT2D eigenvalue weighted by Gasteiger charge is -2.33. The summed E-state index contributed by atoms with van der Waals surface area (Å²) >= 11 is 0. The van der Waals surface area contributed by atoms with Gasteiger partial charge in [-0.15, -0.1) is 4.98 Å². The normalized spacial score (nSPS) is 15.7. The first kappa shape index (κ1) is 25.9. The third-order valence-electron chi connectivity index (χ3n) is 6.01. The van der Waals surface area contributed by atoms with Gasteiger partial charge in [-0.05, 0) is 30.7 Å². The number of morpholine rings is 1. The molecule has 14 heteroatoms. The van der Waals surface area contributed by atoms with Crippen molar-refractivity contribution >= 4 is 34.4 Å². The molecule has 1 saturated heterocycles. The highest BCUT2D eigenvalue weighted by molar-refractivity contribution is 5.94. The molecule has 11 nitrogen and oxygen atoms in total. The van der Waals surface area contributed by atoms with Crippen LogP contribution in [0.4, 0.5) is 30.5 Å². The van der Waals surface area contributed by atoms with E-state index in [1.165, 1.54) is 18.5 Å². The summed E-state index contributed by atoms with van der Waals surface area (Å²) in [7, 11) is 1.78. The molecule has 1 atom stereocenters. The van der Waals surface area contributed by atoms with Crippen LogP contribution in [0.25, 0.3) is 16.0 Å². The van der Waals surface area contributed by atoms with Crippen molar-refractivity contribution in [3.05, 3.63) is 65.5 Å². The molecule has 0 aromatic carbocycles. The number of aromatic nitrogens is 5. The van der Waals surface area contributed by atoms with Gasteiger partial charge in [-0.2, -0.15) is 18.2 Å². The maximum Gasteiger partial charge on any atom is 0.416 e. The highest BCUT2D eigenvalue weighted by Crippen LogP contribution is 2.32. The summed E-state index contributed by atoms with van der Waals surface area (Å²) in [6.07, 6.45) is -2.22. The number of halogens is 3. The molecule has 4 aromatic heterocycles. The molecule has 0 saturated carbocycles. The molecule has 5 heterocycles. The maximum atomic E-state index is 13.0. The molecule has 0 aliphatic carbocycles. The van der Waals surface area contributed by atoms with Gasteiger partial charge in [0, 0.05) is 25.9 Å². The molecule has 1 fully saturated rings. The van der Waals surface area contributed by atoms with Crippen LogP contribution in [0.2, 0.25) is 0 Å². The summed E-state index contributed by atoms with van der Waals surface area (Å²) in [5.41, 5.74) is 2.44. The van der Waals surface area contributed by atoms with E-state index in [0.29, 0.717) is 34.0 Å². The number of imidazole rings is 1. The van der Waals surface area contributed by atoms with Crippen LogP contribution >= 0.6 is 0 Å². The fraction of sp³-hybridized carbons (Fsp3) is 0.280. The topological polar surface area (TPSA) is 112 Å². The third kappa shape index (κ3) is 5.43. The van der Waals surface area contributed by atoms with Gasteiger partial charge in [-0.25, -0.2) is 9.97 Å². The zero-order valence-corrected chi connectivity index (χ0v) is 20.7. The Kier molecular flexibility index (Phi) is 6.75. The molecule has 1 aliphatic rings. The molecular weight excluding hydrogens is 517 g/mol. The summed E-state index contributed by atoms with van der Waals surface area (Å²) in [5, 5.41) is 3.14. The number of fused-ring (bicyclic) bond motifs is 1. The van der Waals surface area contributed by atoms with Gasteiger partial charge in [-0.1, -0.05) is 6.57 Å². The predicted molar refractivity (Wildman–Crippen MR) is 133 cm³/mol. The predicted octanol–water partition coefficient (Wildman–Crippen LogP) is 4.56. The van der Waals surface area contributed by atoms with E-state index < -0.39 is 24.7 Å². The van der Waals surface area contributed by atoms with Crippen molar-refractivity contribution in [3.63, 3.8) is 0 Å². The van der Waals surface area contributed by atoms with Gasteiger partial charge in [-0.3, -0.25) is 4.79 Å². The van der Waals surface area contributed by atoms with Crippen molar-refractivity contribution < 1.29 is 27.4 Å². The fourth-order valence-electron chi connectivity index (χ4n) is 3.98. The van der Waals surface area contributed by atoms with E-state index in [4.69, 9.17) is 16.0 Å². The largest absolute Gasteiger partial charge is 0.435 e. The number of hydrogen-bond acceptors (Lipinski definition) is 8. The van der Waals surface area contributed by atoms with Gasteiger partial charge in [0.2, 0.25) is 5.88 Å². The summed E-state index contributed by atoms with van der Waals surface area (Å²) in [6.45, 7) is 8.17. The first-order chi connectivity index (χ1) is 18.6. The number of alkyl halides is 3. The minimum absolute atomic E-state index is 0.0540. The number of hydrogen-bond donors (Lipinski definition) is 1. The van der Waals surface area contributed by atoms with Crippen LogP contribution in [0.15, 0.2) is 43.0 Å². The minimum atomic E-state index is -4.55. The molecule has 5 rings (SSSR count). The van der Waals surface area contributed by atoms with Crippen LogP contribution in [0.3, 0.4) is 0 Å². The first-order valence-corrected chi connectivity index (χ1v) is 11.7. The SMILES string of the molecule is [C-]#[N+]c1cc(C)c(Oc2cc(Nc3ccc(C(=O)N4CCOC(C(F)(F)F)C4)cn3)c3ncn(C)c3n2)cn1. The van der Waals surface area contributed by atoms with Crippen molar-refractivity contribution in [1.29, 1.82) is 0 Å². The second kappa shape index (κ2) is 10.2. The Morgan fingerprint density at radius 3 is 2.74 bits per heavy atom. The molecule has 200 valence electrons. The average molecular weight is 538 g/mol. The average Bonchev–Trinajstić information content (AvgIpc) is 3.30. The van der Waals surface area contributed by atoms with Crippen LogP contribution in [0.5, 0.6) is 11.6 Å². The van der Waals surface area contributed by atoms with E-state index >= 15 is 0 Å². The molecule has 0 spiro atoms. The lowest BCUT2D eigenvalue weighted by Crippen LogP contribution is -2.51. The summed E-state index contributed by atoms with van der Waals surface area (Å²) in [6, 6.07) is 6.26. The molecule has 0 radical (unpaired) electrons. The lowest BCUT2D eigenvalue weighted by molar-refractivity contribution is -0.233. The summed E-state index contributed by atoms with van der Waals surface area (Å²) < 4.78 is 51.5.